The van der Waals surface area contributed by atoms with Gasteiger partial charge in [0.25, 0.3) is 0 Å². The molecule has 1 aliphatic carbocycles. The van der Waals surface area contributed by atoms with Crippen LogP contribution in [-0.2, 0) is 6.54 Å². The Morgan fingerprint density at radius 2 is 2.00 bits per heavy atom. The summed E-state index contributed by atoms with van der Waals surface area (Å²) in [4.78, 5) is 0. The highest BCUT2D eigenvalue weighted by atomic mass is 19.1. The van der Waals surface area contributed by atoms with E-state index in [2.05, 4.69) is 5.32 Å². The van der Waals surface area contributed by atoms with Gasteiger partial charge in [-0.2, -0.15) is 0 Å². The molecule has 0 saturated heterocycles. The van der Waals surface area contributed by atoms with Crippen LogP contribution in [0.3, 0.4) is 0 Å². The first-order valence-corrected chi connectivity index (χ1v) is 6.00. The Morgan fingerprint density at radius 1 is 1.25 bits per heavy atom. The first-order chi connectivity index (χ1) is 7.77. The lowest BCUT2D eigenvalue weighted by Gasteiger charge is -2.29. The van der Waals surface area contributed by atoms with Crippen molar-refractivity contribution in [2.45, 2.75) is 44.3 Å². The topological polar surface area (TPSA) is 38.0 Å². The number of nitrogens with two attached hydrogens (primary N) is 1. The zero-order valence-electron chi connectivity index (χ0n) is 9.45. The molecule has 1 fully saturated rings. The molecule has 3 N–H and O–H groups in total. The smallest absolute Gasteiger partial charge is 0.127 e. The molecule has 0 amide bonds. The van der Waals surface area contributed by atoms with Crippen LogP contribution < -0.4 is 11.1 Å². The summed E-state index contributed by atoms with van der Waals surface area (Å²) < 4.78 is 13.4. The molecule has 0 aliphatic heterocycles. The maximum Gasteiger partial charge on any atom is 0.127 e. The van der Waals surface area contributed by atoms with Crippen molar-refractivity contribution in [2.24, 2.45) is 5.73 Å². The van der Waals surface area contributed by atoms with E-state index < -0.39 is 0 Å². The van der Waals surface area contributed by atoms with Crippen molar-refractivity contribution in [3.8, 4) is 0 Å². The second kappa shape index (κ2) is 5.41. The summed E-state index contributed by atoms with van der Waals surface area (Å²) in [5.74, 6) is -0.139. The molecule has 2 nitrogen and oxygen atoms in total. The Bertz CT molecular complexity index is 340. The van der Waals surface area contributed by atoms with E-state index >= 15 is 0 Å². The van der Waals surface area contributed by atoms with E-state index in [0.717, 1.165) is 18.4 Å². The van der Waals surface area contributed by atoms with E-state index in [0.29, 0.717) is 12.6 Å². The molecule has 2 atom stereocenters. The maximum absolute atomic E-state index is 13.4. The Balaban J connectivity index is 1.89. The first kappa shape index (κ1) is 11.6. The van der Waals surface area contributed by atoms with Crippen LogP contribution in [0.4, 0.5) is 4.39 Å². The molecular formula is C13H19FN2. The van der Waals surface area contributed by atoms with Crippen molar-refractivity contribution in [1.29, 1.82) is 0 Å². The molecule has 1 saturated carbocycles. The van der Waals surface area contributed by atoms with Crippen molar-refractivity contribution in [1.82, 2.24) is 5.32 Å². The standard InChI is InChI=1S/C13H19FN2/c14-11-6-2-1-5-10(11)9-16-13-8-4-3-7-12(13)15/h1-2,5-6,12-13,16H,3-4,7-9,15H2/t12-,13+/m0/s1. The highest BCUT2D eigenvalue weighted by Gasteiger charge is 2.21. The Morgan fingerprint density at radius 3 is 2.75 bits per heavy atom. The molecule has 0 radical (unpaired) electrons. The molecule has 1 aromatic rings. The minimum atomic E-state index is -0.139. The minimum Gasteiger partial charge on any atom is -0.326 e. The number of rotatable bonds is 3. The summed E-state index contributed by atoms with van der Waals surface area (Å²) in [6, 6.07) is 7.45. The van der Waals surface area contributed by atoms with Crippen molar-refractivity contribution in [3.63, 3.8) is 0 Å². The lowest BCUT2D eigenvalue weighted by molar-refractivity contribution is 0.325. The number of hydrogen-bond donors (Lipinski definition) is 2. The molecule has 1 aromatic carbocycles. The molecule has 1 aliphatic rings. The minimum absolute atomic E-state index is 0.139. The third-order valence-corrected chi connectivity index (χ3v) is 3.33. The van der Waals surface area contributed by atoms with Gasteiger partial charge in [-0.1, -0.05) is 31.0 Å². The number of halogens is 1. The van der Waals surface area contributed by atoms with Gasteiger partial charge >= 0.3 is 0 Å². The van der Waals surface area contributed by atoms with Gasteiger partial charge in [-0.25, -0.2) is 4.39 Å². The third kappa shape index (κ3) is 2.80. The van der Waals surface area contributed by atoms with Gasteiger partial charge < -0.3 is 11.1 Å². The Kier molecular flexibility index (Phi) is 3.91. The van der Waals surface area contributed by atoms with Gasteiger partial charge in [0.15, 0.2) is 0 Å². The zero-order chi connectivity index (χ0) is 11.4. The van der Waals surface area contributed by atoms with Crippen molar-refractivity contribution >= 4 is 0 Å². The van der Waals surface area contributed by atoms with Crippen molar-refractivity contribution in [3.05, 3.63) is 35.6 Å². The van der Waals surface area contributed by atoms with Gasteiger partial charge in [0, 0.05) is 24.2 Å². The Labute approximate surface area is 96.0 Å². The molecule has 0 spiro atoms. The molecule has 3 heteroatoms. The lowest BCUT2D eigenvalue weighted by Crippen LogP contribution is -2.46. The summed E-state index contributed by atoms with van der Waals surface area (Å²) in [5, 5.41) is 3.36. The van der Waals surface area contributed by atoms with Gasteiger partial charge in [0.1, 0.15) is 5.82 Å². The lowest BCUT2D eigenvalue weighted by atomic mass is 9.91. The van der Waals surface area contributed by atoms with E-state index in [1.54, 1.807) is 6.07 Å². The maximum atomic E-state index is 13.4. The highest BCUT2D eigenvalue weighted by Crippen LogP contribution is 2.17. The highest BCUT2D eigenvalue weighted by molar-refractivity contribution is 5.17. The number of benzene rings is 1. The average molecular weight is 222 g/mol. The van der Waals surface area contributed by atoms with Gasteiger partial charge in [0.05, 0.1) is 0 Å². The van der Waals surface area contributed by atoms with Crippen LogP contribution in [0.5, 0.6) is 0 Å². The summed E-state index contributed by atoms with van der Waals surface area (Å²) in [6.07, 6.45) is 4.63. The average Bonchev–Trinajstić information content (AvgIpc) is 2.30. The summed E-state index contributed by atoms with van der Waals surface area (Å²) >= 11 is 0. The van der Waals surface area contributed by atoms with E-state index in [4.69, 9.17) is 5.73 Å². The van der Waals surface area contributed by atoms with Gasteiger partial charge in [-0.3, -0.25) is 0 Å². The quantitative estimate of drug-likeness (QED) is 0.822. The summed E-state index contributed by atoms with van der Waals surface area (Å²) in [7, 11) is 0. The fourth-order valence-electron chi connectivity index (χ4n) is 2.30. The fraction of sp³-hybridized carbons (Fsp3) is 0.538. The molecule has 0 aromatic heterocycles. The summed E-state index contributed by atoms with van der Waals surface area (Å²) in [6.45, 7) is 0.574. The van der Waals surface area contributed by atoms with Crippen LogP contribution in [0.2, 0.25) is 0 Å². The SMILES string of the molecule is N[C@H]1CCCC[C@H]1NCc1ccccc1F. The number of nitrogens with one attached hydrogen (secondary N) is 1. The largest absolute Gasteiger partial charge is 0.326 e. The van der Waals surface area contributed by atoms with Crippen LogP contribution in [0, 0.1) is 5.82 Å². The second-order valence-electron chi connectivity index (χ2n) is 4.53. The predicted molar refractivity (Wildman–Crippen MR) is 63.5 cm³/mol. The normalized spacial score (nSPS) is 25.6. The third-order valence-electron chi connectivity index (χ3n) is 3.33. The molecule has 2 rings (SSSR count). The first-order valence-electron chi connectivity index (χ1n) is 6.00. The van der Waals surface area contributed by atoms with Gasteiger partial charge in [0.2, 0.25) is 0 Å². The van der Waals surface area contributed by atoms with Crippen molar-refractivity contribution < 1.29 is 4.39 Å². The predicted octanol–water partition coefficient (Wildman–Crippen LogP) is 2.19. The van der Waals surface area contributed by atoms with Gasteiger partial charge in [-0.15, -0.1) is 0 Å². The van der Waals surface area contributed by atoms with Crippen molar-refractivity contribution in [2.75, 3.05) is 0 Å². The molecule has 0 unspecified atom stereocenters. The molecule has 0 bridgehead atoms. The van der Waals surface area contributed by atoms with Crippen LogP contribution >= 0.6 is 0 Å². The monoisotopic (exact) mass is 222 g/mol. The van der Waals surface area contributed by atoms with Crippen LogP contribution in [-0.4, -0.2) is 12.1 Å². The zero-order valence-corrected chi connectivity index (χ0v) is 9.45. The van der Waals surface area contributed by atoms with Crippen LogP contribution in [0.25, 0.3) is 0 Å². The van der Waals surface area contributed by atoms with E-state index in [1.165, 1.54) is 18.9 Å². The van der Waals surface area contributed by atoms with Crippen LogP contribution in [0.15, 0.2) is 24.3 Å². The second-order valence-corrected chi connectivity index (χ2v) is 4.53. The molecular weight excluding hydrogens is 203 g/mol. The van der Waals surface area contributed by atoms with Crippen LogP contribution in [0.1, 0.15) is 31.2 Å². The summed E-state index contributed by atoms with van der Waals surface area (Å²) in [5.41, 5.74) is 6.75. The van der Waals surface area contributed by atoms with E-state index in [1.807, 2.05) is 12.1 Å². The molecule has 88 valence electrons. The van der Waals surface area contributed by atoms with E-state index in [-0.39, 0.29) is 11.9 Å². The Hall–Kier alpha value is -0.930. The molecule has 16 heavy (non-hydrogen) atoms. The molecule has 0 heterocycles. The van der Waals surface area contributed by atoms with Gasteiger partial charge in [-0.05, 0) is 18.9 Å². The number of hydrogen-bond acceptors (Lipinski definition) is 2. The van der Waals surface area contributed by atoms with E-state index in [9.17, 15) is 4.39 Å². The fourth-order valence-corrected chi connectivity index (χ4v) is 2.30.